The van der Waals surface area contributed by atoms with Gasteiger partial charge in [0.15, 0.2) is 0 Å². The second kappa shape index (κ2) is 4.43. The van der Waals surface area contributed by atoms with Crippen LogP contribution in [0.3, 0.4) is 0 Å². The van der Waals surface area contributed by atoms with Crippen molar-refractivity contribution in [2.75, 3.05) is 6.54 Å². The van der Waals surface area contributed by atoms with E-state index in [1.807, 2.05) is 6.08 Å². The summed E-state index contributed by atoms with van der Waals surface area (Å²) in [6, 6.07) is 6.77. The lowest BCUT2D eigenvalue weighted by atomic mass is 9.90. The van der Waals surface area contributed by atoms with E-state index in [-0.39, 0.29) is 0 Å². The lowest BCUT2D eigenvalue weighted by Crippen LogP contribution is -2.02. The molecule has 2 N–H and O–H groups in total. The van der Waals surface area contributed by atoms with Gasteiger partial charge in [0, 0.05) is 6.54 Å². The molecular formula is C13H17N. The Labute approximate surface area is 85.6 Å². The van der Waals surface area contributed by atoms with E-state index in [1.165, 1.54) is 36.8 Å². The quantitative estimate of drug-likeness (QED) is 0.756. The van der Waals surface area contributed by atoms with Gasteiger partial charge in [-0.25, -0.2) is 0 Å². The Bertz CT molecular complexity index is 339. The monoisotopic (exact) mass is 187 g/mol. The fourth-order valence-corrected chi connectivity index (χ4v) is 2.06. The fourth-order valence-electron chi connectivity index (χ4n) is 2.06. The van der Waals surface area contributed by atoms with Crippen molar-refractivity contribution in [3.63, 3.8) is 0 Å². The van der Waals surface area contributed by atoms with Crippen LogP contribution in [0.25, 0.3) is 6.08 Å². The molecule has 1 aromatic rings. The molecule has 0 amide bonds. The number of hydrogen-bond donors (Lipinski definition) is 1. The standard InChI is InChI=1S/C13H17N/c14-9-3-4-11-7-8-12-5-1-2-6-13(12)10-11/h3-4,7-8,10H,1-2,5-6,9,14H2. The SMILES string of the molecule is NCC=Cc1ccc2c(c1)CCCC2. The van der Waals surface area contributed by atoms with Crippen molar-refractivity contribution >= 4 is 6.08 Å². The van der Waals surface area contributed by atoms with E-state index in [0.717, 1.165) is 0 Å². The van der Waals surface area contributed by atoms with Gasteiger partial charge in [-0.15, -0.1) is 0 Å². The molecule has 1 nitrogen and oxygen atoms in total. The average molecular weight is 187 g/mol. The van der Waals surface area contributed by atoms with Gasteiger partial charge in [-0.05, 0) is 42.4 Å². The maximum atomic E-state index is 5.43. The maximum absolute atomic E-state index is 5.43. The first-order chi connectivity index (χ1) is 6.90. The fraction of sp³-hybridized carbons (Fsp3) is 0.385. The van der Waals surface area contributed by atoms with Gasteiger partial charge in [-0.1, -0.05) is 30.4 Å². The minimum absolute atomic E-state index is 0.622. The van der Waals surface area contributed by atoms with Gasteiger partial charge in [0.25, 0.3) is 0 Å². The summed E-state index contributed by atoms with van der Waals surface area (Å²) in [4.78, 5) is 0. The molecule has 0 aliphatic heterocycles. The second-order valence-electron chi connectivity index (χ2n) is 3.87. The van der Waals surface area contributed by atoms with E-state index < -0.39 is 0 Å². The third-order valence-electron chi connectivity index (χ3n) is 2.82. The Kier molecular flexibility index (Phi) is 3.00. The lowest BCUT2D eigenvalue weighted by Gasteiger charge is -2.15. The number of nitrogens with two attached hydrogens (primary N) is 1. The van der Waals surface area contributed by atoms with Crippen molar-refractivity contribution in [2.24, 2.45) is 5.73 Å². The van der Waals surface area contributed by atoms with Gasteiger partial charge in [0.2, 0.25) is 0 Å². The predicted molar refractivity (Wildman–Crippen MR) is 61.2 cm³/mol. The Morgan fingerprint density at radius 2 is 1.93 bits per heavy atom. The summed E-state index contributed by atoms with van der Waals surface area (Å²) in [5, 5.41) is 0. The van der Waals surface area contributed by atoms with Crippen LogP contribution in [0, 0.1) is 0 Å². The molecule has 0 heterocycles. The Hall–Kier alpha value is -1.08. The van der Waals surface area contributed by atoms with Gasteiger partial charge in [0.05, 0.1) is 0 Å². The van der Waals surface area contributed by atoms with Gasteiger partial charge in [-0.2, -0.15) is 0 Å². The molecular weight excluding hydrogens is 170 g/mol. The lowest BCUT2D eigenvalue weighted by molar-refractivity contribution is 0.685. The van der Waals surface area contributed by atoms with E-state index >= 15 is 0 Å². The molecule has 1 aliphatic rings. The van der Waals surface area contributed by atoms with Crippen molar-refractivity contribution in [1.82, 2.24) is 0 Å². The third kappa shape index (κ3) is 2.05. The summed E-state index contributed by atoms with van der Waals surface area (Å²) >= 11 is 0. The molecule has 0 bridgehead atoms. The van der Waals surface area contributed by atoms with Crippen LogP contribution in [-0.4, -0.2) is 6.54 Å². The van der Waals surface area contributed by atoms with Crippen LogP contribution in [0.4, 0.5) is 0 Å². The predicted octanol–water partition coefficient (Wildman–Crippen LogP) is 2.54. The Morgan fingerprint density at radius 3 is 2.71 bits per heavy atom. The van der Waals surface area contributed by atoms with E-state index in [2.05, 4.69) is 24.3 Å². The first-order valence-corrected chi connectivity index (χ1v) is 5.38. The summed E-state index contributed by atoms with van der Waals surface area (Å²) < 4.78 is 0. The Balaban J connectivity index is 2.24. The summed E-state index contributed by atoms with van der Waals surface area (Å²) in [5.74, 6) is 0. The van der Waals surface area contributed by atoms with Crippen molar-refractivity contribution < 1.29 is 0 Å². The van der Waals surface area contributed by atoms with Gasteiger partial charge >= 0.3 is 0 Å². The molecule has 0 saturated carbocycles. The molecule has 0 atom stereocenters. The van der Waals surface area contributed by atoms with Crippen LogP contribution in [-0.2, 0) is 12.8 Å². The summed E-state index contributed by atoms with van der Waals surface area (Å²) in [6.07, 6.45) is 9.32. The molecule has 0 fully saturated rings. The number of fused-ring (bicyclic) bond motifs is 1. The zero-order valence-electron chi connectivity index (χ0n) is 8.50. The highest BCUT2D eigenvalue weighted by atomic mass is 14.5. The van der Waals surface area contributed by atoms with Crippen molar-refractivity contribution in [1.29, 1.82) is 0 Å². The van der Waals surface area contributed by atoms with Crippen LogP contribution in [0.5, 0.6) is 0 Å². The highest BCUT2D eigenvalue weighted by molar-refractivity contribution is 5.52. The normalized spacial score (nSPS) is 15.8. The van der Waals surface area contributed by atoms with Gasteiger partial charge in [0.1, 0.15) is 0 Å². The average Bonchev–Trinajstić information content (AvgIpc) is 2.26. The summed E-state index contributed by atoms with van der Waals surface area (Å²) in [7, 11) is 0. The second-order valence-corrected chi connectivity index (χ2v) is 3.87. The summed E-state index contributed by atoms with van der Waals surface area (Å²) in [6.45, 7) is 0.622. The molecule has 1 aliphatic carbocycles. The highest BCUT2D eigenvalue weighted by Crippen LogP contribution is 2.22. The minimum atomic E-state index is 0.622. The van der Waals surface area contributed by atoms with Gasteiger partial charge < -0.3 is 5.73 Å². The van der Waals surface area contributed by atoms with Crippen LogP contribution in [0.1, 0.15) is 29.5 Å². The van der Waals surface area contributed by atoms with Crippen LogP contribution in [0.15, 0.2) is 24.3 Å². The van der Waals surface area contributed by atoms with E-state index in [0.29, 0.717) is 6.54 Å². The smallest absolute Gasteiger partial charge is 0.0110 e. The topological polar surface area (TPSA) is 26.0 Å². The van der Waals surface area contributed by atoms with E-state index in [9.17, 15) is 0 Å². The van der Waals surface area contributed by atoms with E-state index in [4.69, 9.17) is 5.73 Å². The number of rotatable bonds is 2. The van der Waals surface area contributed by atoms with Crippen molar-refractivity contribution in [3.05, 3.63) is 41.0 Å². The molecule has 14 heavy (non-hydrogen) atoms. The number of hydrogen-bond acceptors (Lipinski definition) is 1. The molecule has 1 heteroatoms. The molecule has 0 aromatic heterocycles. The Morgan fingerprint density at radius 1 is 1.14 bits per heavy atom. The minimum Gasteiger partial charge on any atom is -0.327 e. The molecule has 0 radical (unpaired) electrons. The first kappa shape index (κ1) is 9.47. The van der Waals surface area contributed by atoms with Crippen LogP contribution >= 0.6 is 0 Å². The largest absolute Gasteiger partial charge is 0.327 e. The van der Waals surface area contributed by atoms with Gasteiger partial charge in [-0.3, -0.25) is 0 Å². The zero-order valence-corrected chi connectivity index (χ0v) is 8.50. The van der Waals surface area contributed by atoms with Crippen molar-refractivity contribution in [2.45, 2.75) is 25.7 Å². The maximum Gasteiger partial charge on any atom is 0.0110 e. The van der Waals surface area contributed by atoms with E-state index in [1.54, 1.807) is 5.56 Å². The molecule has 0 unspecified atom stereocenters. The highest BCUT2D eigenvalue weighted by Gasteiger charge is 2.08. The molecule has 1 aromatic carbocycles. The zero-order chi connectivity index (χ0) is 9.80. The first-order valence-electron chi connectivity index (χ1n) is 5.38. The molecule has 0 saturated heterocycles. The molecule has 74 valence electrons. The molecule has 2 rings (SSSR count). The third-order valence-corrected chi connectivity index (χ3v) is 2.82. The molecule has 0 spiro atoms. The summed E-state index contributed by atoms with van der Waals surface area (Å²) in [5.41, 5.74) is 9.80. The number of benzene rings is 1. The van der Waals surface area contributed by atoms with Crippen LogP contribution in [0.2, 0.25) is 0 Å². The van der Waals surface area contributed by atoms with Crippen molar-refractivity contribution in [3.8, 4) is 0 Å². The van der Waals surface area contributed by atoms with Crippen LogP contribution < -0.4 is 5.73 Å². The number of aryl methyl sites for hydroxylation is 2.